The van der Waals surface area contributed by atoms with Crippen LogP contribution in [0.4, 0.5) is 0 Å². The number of nitrogens with one attached hydrogen (secondary N) is 1. The van der Waals surface area contributed by atoms with E-state index in [4.69, 9.17) is 0 Å². The third kappa shape index (κ3) is 6.34. The highest BCUT2D eigenvalue weighted by atomic mass is 32.2. The maximum atomic E-state index is 12.6. The van der Waals surface area contributed by atoms with Crippen molar-refractivity contribution < 1.29 is 17.9 Å². The van der Waals surface area contributed by atoms with Crippen molar-refractivity contribution in [2.24, 2.45) is 0 Å². The molecule has 1 N–H and O–H groups in total. The second-order valence-corrected chi connectivity index (χ2v) is 8.12. The van der Waals surface area contributed by atoms with Crippen molar-refractivity contribution in [3.63, 3.8) is 0 Å². The third-order valence-electron chi connectivity index (χ3n) is 4.14. The molecule has 5 nitrogen and oxygen atoms in total. The average Bonchev–Trinajstić information content (AvgIpc) is 2.43. The number of sulfone groups is 1. The highest BCUT2D eigenvalue weighted by Crippen LogP contribution is 2.24. The number of carbonyl (C=O) groups is 1. The highest BCUT2D eigenvalue weighted by molar-refractivity contribution is 7.92. The summed E-state index contributed by atoms with van der Waals surface area (Å²) in [4.78, 5) is 11.2. The molecule has 1 rings (SSSR count). The van der Waals surface area contributed by atoms with Gasteiger partial charge in [-0.2, -0.15) is 0 Å². The van der Waals surface area contributed by atoms with Crippen molar-refractivity contribution in [3.05, 3.63) is 0 Å². The van der Waals surface area contributed by atoms with Crippen LogP contribution in [0.15, 0.2) is 0 Å². The Morgan fingerprint density at radius 3 is 2.48 bits per heavy atom. The van der Waals surface area contributed by atoms with E-state index in [-0.39, 0.29) is 23.5 Å². The van der Waals surface area contributed by atoms with Crippen LogP contribution in [-0.2, 0) is 19.4 Å². The van der Waals surface area contributed by atoms with E-state index in [2.05, 4.69) is 17.0 Å². The summed E-state index contributed by atoms with van der Waals surface area (Å²) in [6.45, 7) is 2.92. The molecule has 0 aromatic heterocycles. The summed E-state index contributed by atoms with van der Waals surface area (Å²) in [5, 5.41) is 3.03. The number of hydrogen-bond donors (Lipinski definition) is 1. The lowest BCUT2D eigenvalue weighted by molar-refractivity contribution is -0.140. The summed E-state index contributed by atoms with van der Waals surface area (Å²) >= 11 is 0. The molecule has 0 aromatic rings. The van der Waals surface area contributed by atoms with Gasteiger partial charge in [0.1, 0.15) is 0 Å². The van der Waals surface area contributed by atoms with Crippen molar-refractivity contribution in [2.75, 3.05) is 19.4 Å². The van der Waals surface area contributed by atoms with Crippen molar-refractivity contribution in [2.45, 2.75) is 69.6 Å². The zero-order valence-corrected chi connectivity index (χ0v) is 14.1. The van der Waals surface area contributed by atoms with Gasteiger partial charge in [0, 0.05) is 6.04 Å². The molecule has 1 fully saturated rings. The number of ether oxygens (including phenoxy) is 1. The summed E-state index contributed by atoms with van der Waals surface area (Å²) in [5.74, 6) is -0.559. The van der Waals surface area contributed by atoms with Crippen LogP contribution in [0.25, 0.3) is 0 Å². The van der Waals surface area contributed by atoms with Crippen molar-refractivity contribution >= 4 is 15.8 Å². The Balaban J connectivity index is 2.75. The predicted octanol–water partition coefficient (Wildman–Crippen LogP) is 2.06. The molecule has 124 valence electrons. The van der Waals surface area contributed by atoms with Gasteiger partial charge in [0.05, 0.1) is 24.5 Å². The first-order valence-electron chi connectivity index (χ1n) is 8.03. The minimum absolute atomic E-state index is 0.0212. The van der Waals surface area contributed by atoms with Crippen LogP contribution in [0.2, 0.25) is 0 Å². The predicted molar refractivity (Wildman–Crippen MR) is 84.0 cm³/mol. The number of methoxy groups -OCH3 is 1. The van der Waals surface area contributed by atoms with E-state index in [1.165, 1.54) is 13.5 Å². The van der Waals surface area contributed by atoms with E-state index < -0.39 is 15.8 Å². The van der Waals surface area contributed by atoms with E-state index in [0.717, 1.165) is 38.6 Å². The molecule has 1 aliphatic rings. The summed E-state index contributed by atoms with van der Waals surface area (Å²) in [7, 11) is -1.98. The lowest BCUT2D eigenvalue weighted by Gasteiger charge is -2.30. The highest BCUT2D eigenvalue weighted by Gasteiger charge is 2.33. The second-order valence-electron chi connectivity index (χ2n) is 5.78. The van der Waals surface area contributed by atoms with Crippen LogP contribution >= 0.6 is 0 Å². The first-order chi connectivity index (χ1) is 10.0. The standard InChI is InChI=1S/C15H29NO4S/c1-3-11-16-13-8-6-4-5-7-9-14(13)21(18,19)12-10-15(17)20-2/h13-14,16H,3-12H2,1-2H3. The smallest absolute Gasteiger partial charge is 0.306 e. The molecule has 0 aliphatic heterocycles. The SMILES string of the molecule is CCCNC1CCCCCCC1S(=O)(=O)CCC(=O)OC. The Morgan fingerprint density at radius 2 is 1.86 bits per heavy atom. The maximum Gasteiger partial charge on any atom is 0.306 e. The summed E-state index contributed by atoms with van der Waals surface area (Å²) in [6.07, 6.45) is 6.86. The lowest BCUT2D eigenvalue weighted by Crippen LogP contribution is -2.46. The molecule has 1 saturated carbocycles. The van der Waals surface area contributed by atoms with E-state index in [9.17, 15) is 13.2 Å². The number of esters is 1. The average molecular weight is 319 g/mol. The minimum Gasteiger partial charge on any atom is -0.469 e. The van der Waals surface area contributed by atoms with E-state index in [1.807, 2.05) is 0 Å². The van der Waals surface area contributed by atoms with Gasteiger partial charge in [-0.3, -0.25) is 4.79 Å². The molecule has 21 heavy (non-hydrogen) atoms. The largest absolute Gasteiger partial charge is 0.469 e. The van der Waals surface area contributed by atoms with Crippen LogP contribution < -0.4 is 5.32 Å². The minimum atomic E-state index is -3.27. The zero-order chi connectivity index (χ0) is 15.7. The van der Waals surface area contributed by atoms with Crippen molar-refractivity contribution in [1.82, 2.24) is 5.32 Å². The van der Waals surface area contributed by atoms with Crippen LogP contribution in [0, 0.1) is 0 Å². The third-order valence-corrected chi connectivity index (χ3v) is 6.40. The summed E-state index contributed by atoms with van der Waals surface area (Å²) in [5.41, 5.74) is 0. The van der Waals surface area contributed by atoms with Crippen LogP contribution in [0.3, 0.4) is 0 Å². The molecule has 0 aromatic carbocycles. The molecule has 0 heterocycles. The summed E-state index contributed by atoms with van der Waals surface area (Å²) in [6, 6.07) is 0.0212. The van der Waals surface area contributed by atoms with Gasteiger partial charge in [-0.1, -0.05) is 32.6 Å². The van der Waals surface area contributed by atoms with Gasteiger partial charge >= 0.3 is 5.97 Å². The Bertz CT molecular complexity index is 406. The monoisotopic (exact) mass is 319 g/mol. The van der Waals surface area contributed by atoms with E-state index in [0.29, 0.717) is 6.42 Å². The van der Waals surface area contributed by atoms with Crippen molar-refractivity contribution in [3.8, 4) is 0 Å². The number of carbonyl (C=O) groups excluding carboxylic acids is 1. The summed E-state index contributed by atoms with van der Waals surface area (Å²) < 4.78 is 29.7. The first kappa shape index (κ1) is 18.4. The van der Waals surface area contributed by atoms with Crippen LogP contribution in [-0.4, -0.2) is 45.1 Å². The molecule has 0 bridgehead atoms. The lowest BCUT2D eigenvalue weighted by atomic mass is 9.96. The van der Waals surface area contributed by atoms with Crippen LogP contribution in [0.5, 0.6) is 0 Å². The molecule has 0 saturated heterocycles. The fourth-order valence-electron chi connectivity index (χ4n) is 2.92. The fourth-order valence-corrected chi connectivity index (χ4v) is 4.94. The van der Waals surface area contributed by atoms with E-state index >= 15 is 0 Å². The Morgan fingerprint density at radius 1 is 1.19 bits per heavy atom. The van der Waals surface area contributed by atoms with Gasteiger partial charge in [-0.25, -0.2) is 8.42 Å². The molecule has 0 amide bonds. The molecule has 2 atom stereocenters. The molecular formula is C15H29NO4S. The fraction of sp³-hybridized carbons (Fsp3) is 0.933. The van der Waals surface area contributed by atoms with Gasteiger partial charge in [-0.15, -0.1) is 0 Å². The van der Waals surface area contributed by atoms with E-state index in [1.54, 1.807) is 0 Å². The first-order valence-corrected chi connectivity index (χ1v) is 9.74. The Kier molecular flexibility index (Phi) is 8.26. The normalized spacial score (nSPS) is 24.1. The van der Waals surface area contributed by atoms with Gasteiger partial charge in [-0.05, 0) is 25.8 Å². The van der Waals surface area contributed by atoms with Crippen molar-refractivity contribution in [1.29, 1.82) is 0 Å². The molecule has 0 radical (unpaired) electrons. The topological polar surface area (TPSA) is 72.5 Å². The van der Waals surface area contributed by atoms with Gasteiger partial charge in [0.25, 0.3) is 0 Å². The molecular weight excluding hydrogens is 290 g/mol. The van der Waals surface area contributed by atoms with Gasteiger partial charge < -0.3 is 10.1 Å². The Hall–Kier alpha value is -0.620. The quantitative estimate of drug-likeness (QED) is 0.727. The van der Waals surface area contributed by atoms with Crippen LogP contribution in [0.1, 0.15) is 58.3 Å². The number of hydrogen-bond acceptors (Lipinski definition) is 5. The maximum absolute atomic E-state index is 12.6. The number of rotatable bonds is 7. The second kappa shape index (κ2) is 9.41. The molecule has 6 heteroatoms. The molecule has 0 spiro atoms. The zero-order valence-electron chi connectivity index (χ0n) is 13.3. The van der Waals surface area contributed by atoms with Gasteiger partial charge in [0.2, 0.25) is 0 Å². The molecule has 2 unspecified atom stereocenters. The van der Waals surface area contributed by atoms with Gasteiger partial charge in [0.15, 0.2) is 9.84 Å². The molecule has 1 aliphatic carbocycles. The Labute approximate surface area is 128 Å².